The smallest absolute Gasteiger partial charge is 0.235 e. The minimum atomic E-state index is -0.556. The normalized spacial score (nSPS) is 10.8. The fraction of sp³-hybridized carbons (Fsp3) is 0.395. The number of aromatic hydroxyl groups is 1. The molecule has 1 aromatic heterocycles. The Morgan fingerprint density at radius 2 is 1.40 bits per heavy atom. The highest BCUT2D eigenvalue weighted by Gasteiger charge is 2.20. The molecule has 1 heterocycles. The van der Waals surface area contributed by atoms with Crippen LogP contribution in [0.1, 0.15) is 75.3 Å². The molecule has 0 radical (unpaired) electrons. The van der Waals surface area contributed by atoms with Gasteiger partial charge in [0.2, 0.25) is 11.2 Å². The lowest BCUT2D eigenvalue weighted by Crippen LogP contribution is -2.04. The van der Waals surface area contributed by atoms with E-state index in [1.165, 1.54) is 65.4 Å². The van der Waals surface area contributed by atoms with Gasteiger partial charge in [-0.25, -0.2) is 0 Å². The van der Waals surface area contributed by atoms with Crippen molar-refractivity contribution in [3.8, 4) is 46.2 Å². The molecular weight excluding hydrogens is 568 g/mol. The first-order chi connectivity index (χ1) is 22.0. The Kier molecular flexibility index (Phi) is 13.2. The average Bonchev–Trinajstić information content (AvgIpc) is 3.08. The topological polar surface area (TPSA) is 87.4 Å². The summed E-state index contributed by atoms with van der Waals surface area (Å²) < 4.78 is 28.0. The van der Waals surface area contributed by atoms with Gasteiger partial charge >= 0.3 is 0 Å². The Hall–Kier alpha value is -4.41. The van der Waals surface area contributed by atoms with Gasteiger partial charge in [0.1, 0.15) is 0 Å². The van der Waals surface area contributed by atoms with Crippen molar-refractivity contribution in [3.63, 3.8) is 0 Å². The first kappa shape index (κ1) is 33.5. The van der Waals surface area contributed by atoms with E-state index in [2.05, 4.69) is 24.0 Å². The minimum absolute atomic E-state index is 0.0229. The summed E-state index contributed by atoms with van der Waals surface area (Å²) in [5, 5.41) is 11.0. The van der Waals surface area contributed by atoms with E-state index in [1.807, 2.05) is 18.2 Å². The van der Waals surface area contributed by atoms with Crippen LogP contribution in [0.15, 0.2) is 69.9 Å². The highest BCUT2D eigenvalue weighted by atomic mass is 16.5. The second kappa shape index (κ2) is 17.8. The first-order valence-corrected chi connectivity index (χ1v) is 15.8. The Bertz CT molecular complexity index is 1630. The predicted octanol–water partition coefficient (Wildman–Crippen LogP) is 8.66. The molecule has 0 spiro atoms. The zero-order chi connectivity index (χ0) is 31.9. The summed E-state index contributed by atoms with van der Waals surface area (Å²) in [7, 11) is 4.56. The van der Waals surface area contributed by atoms with Crippen molar-refractivity contribution in [2.75, 3.05) is 27.9 Å². The number of hydrogen-bond acceptors (Lipinski definition) is 7. The number of rotatable bonds is 17. The number of fused-ring (bicyclic) bond motifs is 1. The van der Waals surface area contributed by atoms with E-state index in [4.69, 9.17) is 23.4 Å². The number of unbranched alkanes of at least 4 members (excludes halogenated alkanes) is 9. The maximum absolute atomic E-state index is 13.2. The van der Waals surface area contributed by atoms with Gasteiger partial charge in [0.05, 0.1) is 33.3 Å². The van der Waals surface area contributed by atoms with Crippen molar-refractivity contribution in [3.05, 3.63) is 82.0 Å². The molecule has 3 aromatic carbocycles. The number of benzene rings is 3. The summed E-state index contributed by atoms with van der Waals surface area (Å²) >= 11 is 0. The SMILES string of the molecule is COc1ccc(-c2oc3c(OC)cc(C#CCCCCCCCCCCCOCc4ccccc4)cc3c(=O)c2O)cc1OC. The predicted molar refractivity (Wildman–Crippen MR) is 178 cm³/mol. The highest BCUT2D eigenvalue weighted by molar-refractivity contribution is 5.88. The monoisotopic (exact) mass is 612 g/mol. The lowest BCUT2D eigenvalue weighted by atomic mass is 10.1. The van der Waals surface area contributed by atoms with Gasteiger partial charge in [-0.15, -0.1) is 0 Å². The average molecular weight is 613 g/mol. The van der Waals surface area contributed by atoms with E-state index >= 15 is 0 Å². The molecule has 0 amide bonds. The fourth-order valence-electron chi connectivity index (χ4n) is 5.24. The van der Waals surface area contributed by atoms with Crippen molar-refractivity contribution in [2.45, 2.75) is 70.8 Å². The van der Waals surface area contributed by atoms with Crippen LogP contribution in [0, 0.1) is 11.8 Å². The van der Waals surface area contributed by atoms with E-state index in [0.717, 1.165) is 32.3 Å². The molecule has 0 atom stereocenters. The molecule has 45 heavy (non-hydrogen) atoms. The Morgan fingerprint density at radius 1 is 0.733 bits per heavy atom. The number of methoxy groups -OCH3 is 3. The summed E-state index contributed by atoms with van der Waals surface area (Å²) in [6, 6.07) is 18.7. The van der Waals surface area contributed by atoms with E-state index in [-0.39, 0.29) is 16.7 Å². The maximum atomic E-state index is 13.2. The third kappa shape index (κ3) is 9.54. The molecule has 0 saturated heterocycles. The van der Waals surface area contributed by atoms with Crippen molar-refractivity contribution in [1.29, 1.82) is 0 Å². The van der Waals surface area contributed by atoms with E-state index in [0.29, 0.717) is 35.0 Å². The van der Waals surface area contributed by atoms with Crippen LogP contribution in [0.2, 0.25) is 0 Å². The second-order valence-electron chi connectivity index (χ2n) is 11.0. The Labute approximate surface area is 266 Å². The molecule has 0 aliphatic carbocycles. The van der Waals surface area contributed by atoms with Gasteiger partial charge in [0.25, 0.3) is 0 Å². The molecule has 7 heteroatoms. The molecule has 0 unspecified atom stereocenters. The summed E-state index contributed by atoms with van der Waals surface area (Å²) in [6.07, 6.45) is 11.6. The van der Waals surface area contributed by atoms with Gasteiger partial charge in [-0.3, -0.25) is 4.79 Å². The summed E-state index contributed by atoms with van der Waals surface area (Å²) in [5.74, 6) is 7.24. The number of hydrogen-bond donors (Lipinski definition) is 1. The standard InChI is InChI=1S/C38H44O7/c1-41-32-22-21-30(26-33(32)42-2)37-36(40)35(39)31-24-29(25-34(43-3)38(31)45-37)20-14-11-9-7-5-4-6-8-10-12-17-23-44-27-28-18-15-13-16-19-28/h13,15-16,18-19,21-22,24-26,40H,4-12,17,23,27H2,1-3H3. The quantitative estimate of drug-likeness (QED) is 0.0943. The van der Waals surface area contributed by atoms with Gasteiger partial charge in [-0.1, -0.05) is 87.1 Å². The van der Waals surface area contributed by atoms with Crippen LogP contribution in [0.4, 0.5) is 0 Å². The third-order valence-electron chi connectivity index (χ3n) is 7.73. The van der Waals surface area contributed by atoms with E-state index in [9.17, 15) is 9.90 Å². The molecule has 1 N–H and O–H groups in total. The van der Waals surface area contributed by atoms with Crippen molar-refractivity contribution in [1.82, 2.24) is 0 Å². The van der Waals surface area contributed by atoms with Crippen LogP contribution in [-0.4, -0.2) is 33.0 Å². The molecule has 7 nitrogen and oxygen atoms in total. The minimum Gasteiger partial charge on any atom is -0.502 e. The van der Waals surface area contributed by atoms with Crippen LogP contribution in [0.5, 0.6) is 23.0 Å². The van der Waals surface area contributed by atoms with Crippen molar-refractivity contribution < 1.29 is 28.5 Å². The summed E-state index contributed by atoms with van der Waals surface area (Å²) in [5.41, 5.74) is 2.02. The lowest BCUT2D eigenvalue weighted by molar-refractivity contribution is 0.116. The zero-order valence-electron chi connectivity index (χ0n) is 26.7. The maximum Gasteiger partial charge on any atom is 0.235 e. The van der Waals surface area contributed by atoms with Gasteiger partial charge in [-0.05, 0) is 48.7 Å². The molecule has 0 saturated carbocycles. The Morgan fingerprint density at radius 3 is 2.09 bits per heavy atom. The van der Waals surface area contributed by atoms with Crippen LogP contribution in [0.3, 0.4) is 0 Å². The lowest BCUT2D eigenvalue weighted by Gasteiger charge is -2.12. The molecule has 4 rings (SSSR count). The molecule has 0 fully saturated rings. The molecular formula is C38H44O7. The van der Waals surface area contributed by atoms with Crippen LogP contribution in [0.25, 0.3) is 22.3 Å². The van der Waals surface area contributed by atoms with Gasteiger partial charge in [0, 0.05) is 24.2 Å². The highest BCUT2D eigenvalue weighted by Crippen LogP contribution is 2.38. The van der Waals surface area contributed by atoms with E-state index in [1.54, 1.807) is 30.3 Å². The zero-order valence-corrected chi connectivity index (χ0v) is 26.7. The van der Waals surface area contributed by atoms with Gasteiger partial charge in [-0.2, -0.15) is 0 Å². The third-order valence-corrected chi connectivity index (χ3v) is 7.73. The van der Waals surface area contributed by atoms with Crippen LogP contribution < -0.4 is 19.6 Å². The Balaban J connectivity index is 1.20. The van der Waals surface area contributed by atoms with Gasteiger partial charge in [0.15, 0.2) is 28.6 Å². The van der Waals surface area contributed by atoms with Crippen LogP contribution >= 0.6 is 0 Å². The second-order valence-corrected chi connectivity index (χ2v) is 11.0. The van der Waals surface area contributed by atoms with Crippen molar-refractivity contribution in [2.24, 2.45) is 0 Å². The molecule has 4 aromatic rings. The summed E-state index contributed by atoms with van der Waals surface area (Å²) in [4.78, 5) is 13.2. The number of ether oxygens (including phenoxy) is 4. The van der Waals surface area contributed by atoms with Crippen molar-refractivity contribution >= 4 is 11.0 Å². The molecule has 0 aliphatic rings. The first-order valence-electron chi connectivity index (χ1n) is 15.8. The fourth-order valence-corrected chi connectivity index (χ4v) is 5.24. The van der Waals surface area contributed by atoms with E-state index < -0.39 is 11.2 Å². The largest absolute Gasteiger partial charge is 0.502 e. The molecule has 0 aliphatic heterocycles. The molecule has 0 bridgehead atoms. The van der Waals surface area contributed by atoms with Gasteiger partial charge < -0.3 is 28.5 Å². The molecule has 238 valence electrons. The van der Waals surface area contributed by atoms with Crippen LogP contribution in [-0.2, 0) is 11.3 Å². The summed E-state index contributed by atoms with van der Waals surface area (Å²) in [6.45, 7) is 1.53.